The Morgan fingerprint density at radius 3 is 2.65 bits per heavy atom. The highest BCUT2D eigenvalue weighted by Crippen LogP contribution is 2.23. The highest BCUT2D eigenvalue weighted by Gasteiger charge is 2.18. The van der Waals surface area contributed by atoms with Gasteiger partial charge in [0.25, 0.3) is 0 Å². The maximum absolute atomic E-state index is 5.79. The minimum Gasteiger partial charge on any atom is -0.453 e. The monoisotopic (exact) mass is 304 g/mol. The fourth-order valence-corrected chi connectivity index (χ4v) is 1.93. The molecule has 0 aromatic carbocycles. The van der Waals surface area contributed by atoms with Crippen molar-refractivity contribution in [3.8, 4) is 0 Å². The maximum Gasteiger partial charge on any atom is 0.169 e. The van der Waals surface area contributed by atoms with Crippen LogP contribution in [0.25, 0.3) is 0 Å². The molecule has 0 aliphatic rings. The van der Waals surface area contributed by atoms with Gasteiger partial charge in [0, 0.05) is 13.1 Å². The van der Waals surface area contributed by atoms with Gasteiger partial charge in [-0.3, -0.25) is 4.90 Å². The van der Waals surface area contributed by atoms with Crippen molar-refractivity contribution >= 4 is 15.9 Å². The summed E-state index contributed by atoms with van der Waals surface area (Å²) in [5.41, 5.74) is 5.79. The second-order valence-corrected chi connectivity index (χ2v) is 5.08. The number of hydrogen-bond acceptors (Lipinski definition) is 4. The third-order valence-corrected chi connectivity index (χ3v) is 3.00. The highest BCUT2D eigenvalue weighted by molar-refractivity contribution is 9.10. The summed E-state index contributed by atoms with van der Waals surface area (Å²) in [5.74, 6) is 0.881. The highest BCUT2D eigenvalue weighted by atomic mass is 79.9. The number of furan rings is 1. The van der Waals surface area contributed by atoms with E-state index in [2.05, 4.69) is 20.8 Å². The van der Waals surface area contributed by atoms with Gasteiger partial charge in [-0.2, -0.15) is 0 Å². The molecule has 0 saturated heterocycles. The van der Waals surface area contributed by atoms with E-state index >= 15 is 0 Å². The summed E-state index contributed by atoms with van der Waals surface area (Å²) in [6.45, 7) is 6.12. The van der Waals surface area contributed by atoms with Crippen molar-refractivity contribution in [2.24, 2.45) is 5.73 Å². The number of likely N-dealkylation sites (N-methyl/N-ethyl adjacent to an activating group) is 1. The first-order valence-electron chi connectivity index (χ1n) is 5.81. The first-order chi connectivity index (χ1) is 8.04. The quantitative estimate of drug-likeness (QED) is 0.840. The number of halogens is 1. The van der Waals surface area contributed by atoms with Gasteiger partial charge < -0.3 is 14.9 Å². The molecule has 98 valence electrons. The molecule has 0 spiro atoms. The first-order valence-corrected chi connectivity index (χ1v) is 6.61. The van der Waals surface area contributed by atoms with E-state index in [1.165, 1.54) is 0 Å². The van der Waals surface area contributed by atoms with Crippen molar-refractivity contribution < 1.29 is 9.15 Å². The molecule has 17 heavy (non-hydrogen) atoms. The number of ether oxygens (including phenoxy) is 1. The minimum absolute atomic E-state index is 0.0945. The standard InChI is InChI=1S/C12H21BrN2O2/c1-9(2)16-7-6-15(3)10(8-14)11-4-5-12(13)17-11/h4-5,9-10H,6-8,14H2,1-3H3. The Labute approximate surface area is 111 Å². The average Bonchev–Trinajstić information content (AvgIpc) is 2.65. The molecule has 0 aliphatic carbocycles. The summed E-state index contributed by atoms with van der Waals surface area (Å²) in [5, 5.41) is 0. The zero-order valence-electron chi connectivity index (χ0n) is 10.6. The third-order valence-electron chi connectivity index (χ3n) is 2.57. The zero-order valence-corrected chi connectivity index (χ0v) is 12.2. The van der Waals surface area contributed by atoms with Gasteiger partial charge in [0.15, 0.2) is 4.67 Å². The van der Waals surface area contributed by atoms with Crippen molar-refractivity contribution in [2.45, 2.75) is 26.0 Å². The molecular weight excluding hydrogens is 284 g/mol. The van der Waals surface area contributed by atoms with Crippen molar-refractivity contribution in [2.75, 3.05) is 26.7 Å². The van der Waals surface area contributed by atoms with Gasteiger partial charge in [-0.1, -0.05) is 0 Å². The van der Waals surface area contributed by atoms with Crippen LogP contribution in [0.3, 0.4) is 0 Å². The van der Waals surface area contributed by atoms with Crippen LogP contribution in [-0.4, -0.2) is 37.7 Å². The van der Waals surface area contributed by atoms with Gasteiger partial charge in [-0.15, -0.1) is 0 Å². The Bertz CT molecular complexity index is 328. The average molecular weight is 305 g/mol. The Morgan fingerprint density at radius 2 is 2.18 bits per heavy atom. The second kappa shape index (κ2) is 7.16. The van der Waals surface area contributed by atoms with E-state index in [1.807, 2.05) is 33.0 Å². The Balaban J connectivity index is 2.49. The lowest BCUT2D eigenvalue weighted by Crippen LogP contribution is -2.33. The third kappa shape index (κ3) is 4.79. The summed E-state index contributed by atoms with van der Waals surface area (Å²) < 4.78 is 11.8. The summed E-state index contributed by atoms with van der Waals surface area (Å²) >= 11 is 3.30. The maximum atomic E-state index is 5.79. The topological polar surface area (TPSA) is 51.6 Å². The van der Waals surface area contributed by atoms with E-state index < -0.39 is 0 Å². The summed E-state index contributed by atoms with van der Waals surface area (Å²) in [4.78, 5) is 2.15. The molecule has 1 rings (SSSR count). The van der Waals surface area contributed by atoms with Crippen LogP contribution in [0.4, 0.5) is 0 Å². The van der Waals surface area contributed by atoms with Crippen LogP contribution in [0.2, 0.25) is 0 Å². The largest absolute Gasteiger partial charge is 0.453 e. The number of hydrogen-bond donors (Lipinski definition) is 1. The number of nitrogens with zero attached hydrogens (tertiary/aromatic N) is 1. The molecule has 0 radical (unpaired) electrons. The molecule has 2 N–H and O–H groups in total. The van der Waals surface area contributed by atoms with Gasteiger partial charge >= 0.3 is 0 Å². The molecule has 1 heterocycles. The van der Waals surface area contributed by atoms with Crippen molar-refractivity contribution in [3.05, 3.63) is 22.6 Å². The first kappa shape index (κ1) is 14.7. The molecule has 0 fully saturated rings. The van der Waals surface area contributed by atoms with Crippen LogP contribution >= 0.6 is 15.9 Å². The van der Waals surface area contributed by atoms with Gasteiger partial charge in [0.2, 0.25) is 0 Å². The van der Waals surface area contributed by atoms with Crippen LogP contribution in [0.5, 0.6) is 0 Å². The SMILES string of the molecule is CC(C)OCCN(C)C(CN)c1ccc(Br)o1. The van der Waals surface area contributed by atoms with E-state index in [0.29, 0.717) is 13.2 Å². The Morgan fingerprint density at radius 1 is 1.47 bits per heavy atom. The predicted octanol–water partition coefficient (Wildman–Crippen LogP) is 2.40. The summed E-state index contributed by atoms with van der Waals surface area (Å²) in [7, 11) is 2.03. The van der Waals surface area contributed by atoms with E-state index in [-0.39, 0.29) is 12.1 Å². The lowest BCUT2D eigenvalue weighted by Gasteiger charge is -2.25. The van der Waals surface area contributed by atoms with E-state index in [4.69, 9.17) is 14.9 Å². The zero-order chi connectivity index (χ0) is 12.8. The molecule has 1 aromatic rings. The molecular formula is C12H21BrN2O2. The van der Waals surface area contributed by atoms with E-state index in [9.17, 15) is 0 Å². The molecule has 1 unspecified atom stereocenters. The normalized spacial score (nSPS) is 13.6. The molecule has 0 bridgehead atoms. The molecule has 1 atom stereocenters. The van der Waals surface area contributed by atoms with Gasteiger partial charge in [0.05, 0.1) is 18.8 Å². The van der Waals surface area contributed by atoms with Crippen molar-refractivity contribution in [1.82, 2.24) is 4.90 Å². The molecule has 5 heteroatoms. The van der Waals surface area contributed by atoms with Gasteiger partial charge in [-0.05, 0) is 49.0 Å². The smallest absolute Gasteiger partial charge is 0.169 e. The second-order valence-electron chi connectivity index (χ2n) is 4.29. The van der Waals surface area contributed by atoms with Crippen LogP contribution in [0.1, 0.15) is 25.6 Å². The Hall–Kier alpha value is -0.360. The van der Waals surface area contributed by atoms with Crippen LogP contribution in [0, 0.1) is 0 Å². The Kier molecular flexibility index (Phi) is 6.19. The summed E-state index contributed by atoms with van der Waals surface area (Å²) in [6.07, 6.45) is 0.262. The number of nitrogens with two attached hydrogens (primary N) is 1. The molecule has 0 amide bonds. The van der Waals surface area contributed by atoms with Gasteiger partial charge in [0.1, 0.15) is 5.76 Å². The van der Waals surface area contributed by atoms with Crippen molar-refractivity contribution in [1.29, 1.82) is 0 Å². The minimum atomic E-state index is 0.0945. The van der Waals surface area contributed by atoms with Crippen molar-refractivity contribution in [3.63, 3.8) is 0 Å². The van der Waals surface area contributed by atoms with Crippen LogP contribution in [-0.2, 0) is 4.74 Å². The molecule has 0 aliphatic heterocycles. The van der Waals surface area contributed by atoms with Crippen LogP contribution < -0.4 is 5.73 Å². The lowest BCUT2D eigenvalue weighted by atomic mass is 10.2. The van der Waals surface area contributed by atoms with Crippen LogP contribution in [0.15, 0.2) is 21.2 Å². The van der Waals surface area contributed by atoms with E-state index in [0.717, 1.165) is 17.0 Å². The molecule has 1 aromatic heterocycles. The molecule has 0 saturated carbocycles. The predicted molar refractivity (Wildman–Crippen MR) is 71.9 cm³/mol. The number of rotatable bonds is 7. The summed E-state index contributed by atoms with van der Waals surface area (Å²) in [6, 6.07) is 3.93. The lowest BCUT2D eigenvalue weighted by molar-refractivity contribution is 0.0542. The molecule has 4 nitrogen and oxygen atoms in total. The fraction of sp³-hybridized carbons (Fsp3) is 0.667. The van der Waals surface area contributed by atoms with E-state index in [1.54, 1.807) is 0 Å². The van der Waals surface area contributed by atoms with Gasteiger partial charge in [-0.25, -0.2) is 0 Å². The fourth-order valence-electron chi connectivity index (χ4n) is 1.61.